The highest BCUT2D eigenvalue weighted by Crippen LogP contribution is 2.26. The lowest BCUT2D eigenvalue weighted by Crippen LogP contribution is -2.54. The third kappa shape index (κ3) is 3.48. The van der Waals surface area contributed by atoms with Crippen molar-refractivity contribution in [2.75, 3.05) is 32.7 Å². The maximum atomic E-state index is 12.6. The van der Waals surface area contributed by atoms with Crippen LogP contribution in [0.3, 0.4) is 0 Å². The van der Waals surface area contributed by atoms with E-state index in [1.165, 1.54) is 6.42 Å². The molecule has 0 amide bonds. The van der Waals surface area contributed by atoms with Crippen LogP contribution in [0, 0.1) is 0 Å². The Kier molecular flexibility index (Phi) is 5.22. The van der Waals surface area contributed by atoms with Crippen molar-refractivity contribution >= 4 is 10.0 Å². The number of nitrogens with two attached hydrogens (primary N) is 1. The summed E-state index contributed by atoms with van der Waals surface area (Å²) in [5.41, 5.74) is 5.67. The van der Waals surface area contributed by atoms with E-state index in [1.807, 2.05) is 0 Å². The highest BCUT2D eigenvalue weighted by molar-refractivity contribution is 7.89. The molecular weight excluding hydrogens is 262 g/mol. The summed E-state index contributed by atoms with van der Waals surface area (Å²) in [7, 11) is -3.07. The molecule has 0 aromatic carbocycles. The molecule has 2 fully saturated rings. The van der Waals surface area contributed by atoms with Gasteiger partial charge in [-0.2, -0.15) is 4.31 Å². The summed E-state index contributed by atoms with van der Waals surface area (Å²) in [6.45, 7) is 5.61. The van der Waals surface area contributed by atoms with E-state index in [0.29, 0.717) is 25.7 Å². The lowest BCUT2D eigenvalue weighted by atomic mass is 10.0. The first-order valence-electron chi connectivity index (χ1n) is 7.49. The predicted octanol–water partition coefficient (Wildman–Crippen LogP) is 0.614. The molecular formula is C13H27N3O2S. The van der Waals surface area contributed by atoms with Crippen LogP contribution >= 0.6 is 0 Å². The van der Waals surface area contributed by atoms with Crippen LogP contribution in [0.25, 0.3) is 0 Å². The third-order valence-electron chi connectivity index (χ3n) is 4.57. The van der Waals surface area contributed by atoms with Crippen molar-refractivity contribution in [1.82, 2.24) is 9.21 Å². The molecule has 1 heterocycles. The summed E-state index contributed by atoms with van der Waals surface area (Å²) in [6, 6.07) is 0.347. The lowest BCUT2D eigenvalue weighted by molar-refractivity contribution is 0.147. The van der Waals surface area contributed by atoms with Gasteiger partial charge < -0.3 is 5.73 Å². The number of nitrogens with zero attached hydrogens (tertiary/aromatic N) is 2. The standard InChI is InChI=1S/C13H27N3O2S/c1-12(11-14)15-7-9-16(10-8-15)19(17,18)13-5-3-2-4-6-13/h12-13H,2-11,14H2,1H3. The highest BCUT2D eigenvalue weighted by atomic mass is 32.2. The van der Waals surface area contributed by atoms with Crippen molar-refractivity contribution in [3.8, 4) is 0 Å². The second-order valence-corrected chi connectivity index (χ2v) is 8.04. The van der Waals surface area contributed by atoms with Gasteiger partial charge in [-0.25, -0.2) is 8.42 Å². The van der Waals surface area contributed by atoms with E-state index in [9.17, 15) is 8.42 Å². The second kappa shape index (κ2) is 6.52. The van der Waals surface area contributed by atoms with Gasteiger partial charge in [0.25, 0.3) is 0 Å². The Balaban J connectivity index is 1.92. The second-order valence-electron chi connectivity index (χ2n) is 5.82. The van der Waals surface area contributed by atoms with Gasteiger partial charge in [0.1, 0.15) is 0 Å². The molecule has 0 aromatic rings. The van der Waals surface area contributed by atoms with Crippen LogP contribution in [0.1, 0.15) is 39.0 Å². The molecule has 0 spiro atoms. The molecule has 1 aliphatic carbocycles. The molecule has 1 saturated carbocycles. The fraction of sp³-hybridized carbons (Fsp3) is 1.00. The molecule has 2 aliphatic rings. The third-order valence-corrected chi connectivity index (χ3v) is 6.97. The van der Waals surface area contributed by atoms with Crippen LogP contribution in [-0.2, 0) is 10.0 Å². The number of piperazine rings is 1. The van der Waals surface area contributed by atoms with Gasteiger partial charge in [0.05, 0.1) is 5.25 Å². The fourth-order valence-corrected chi connectivity index (χ4v) is 5.14. The zero-order valence-electron chi connectivity index (χ0n) is 11.9. The van der Waals surface area contributed by atoms with Gasteiger partial charge in [0.15, 0.2) is 0 Å². The van der Waals surface area contributed by atoms with E-state index in [4.69, 9.17) is 5.73 Å². The van der Waals surface area contributed by atoms with Gasteiger partial charge in [-0.1, -0.05) is 19.3 Å². The highest BCUT2D eigenvalue weighted by Gasteiger charge is 2.35. The summed E-state index contributed by atoms with van der Waals surface area (Å²) >= 11 is 0. The molecule has 1 aliphatic heterocycles. The Morgan fingerprint density at radius 3 is 2.21 bits per heavy atom. The maximum Gasteiger partial charge on any atom is 0.217 e. The molecule has 1 unspecified atom stereocenters. The Bertz CT molecular complexity index is 371. The minimum absolute atomic E-state index is 0.125. The Labute approximate surface area is 117 Å². The Morgan fingerprint density at radius 2 is 1.68 bits per heavy atom. The smallest absolute Gasteiger partial charge is 0.217 e. The average molecular weight is 289 g/mol. The molecule has 1 saturated heterocycles. The number of hydrogen-bond donors (Lipinski definition) is 1. The SMILES string of the molecule is CC(CN)N1CCN(S(=O)(=O)C2CCCCC2)CC1. The minimum atomic E-state index is -3.07. The summed E-state index contributed by atoms with van der Waals surface area (Å²) in [4.78, 5) is 2.28. The summed E-state index contributed by atoms with van der Waals surface area (Å²) in [5.74, 6) is 0. The zero-order chi connectivity index (χ0) is 13.9. The molecule has 5 nitrogen and oxygen atoms in total. The first-order valence-corrected chi connectivity index (χ1v) is 8.99. The van der Waals surface area contributed by atoms with E-state index in [-0.39, 0.29) is 5.25 Å². The predicted molar refractivity (Wildman–Crippen MR) is 77.5 cm³/mol. The topological polar surface area (TPSA) is 66.6 Å². The van der Waals surface area contributed by atoms with Crippen LogP contribution in [0.5, 0.6) is 0 Å². The molecule has 0 aromatic heterocycles. The van der Waals surface area contributed by atoms with Gasteiger partial charge in [0.2, 0.25) is 10.0 Å². The first kappa shape index (κ1) is 15.2. The summed E-state index contributed by atoms with van der Waals surface area (Å²) < 4.78 is 26.8. The monoisotopic (exact) mass is 289 g/mol. The largest absolute Gasteiger partial charge is 0.329 e. The van der Waals surface area contributed by atoms with E-state index in [1.54, 1.807) is 4.31 Å². The normalized spacial score (nSPS) is 26.4. The molecule has 6 heteroatoms. The molecule has 2 N–H and O–H groups in total. The summed E-state index contributed by atoms with van der Waals surface area (Å²) in [6.07, 6.45) is 5.01. The number of rotatable bonds is 4. The first-order chi connectivity index (χ1) is 9.05. The average Bonchev–Trinajstić information content (AvgIpc) is 2.47. The number of hydrogen-bond acceptors (Lipinski definition) is 4. The van der Waals surface area contributed by atoms with Crippen molar-refractivity contribution in [3.05, 3.63) is 0 Å². The van der Waals surface area contributed by atoms with E-state index in [2.05, 4.69) is 11.8 Å². The molecule has 1 atom stereocenters. The van der Waals surface area contributed by atoms with Crippen LogP contribution in [-0.4, -0.2) is 61.6 Å². The maximum absolute atomic E-state index is 12.6. The Morgan fingerprint density at radius 1 is 1.11 bits per heavy atom. The lowest BCUT2D eigenvalue weighted by Gasteiger charge is -2.38. The van der Waals surface area contributed by atoms with Gasteiger partial charge >= 0.3 is 0 Å². The van der Waals surface area contributed by atoms with Crippen LogP contribution < -0.4 is 5.73 Å². The zero-order valence-corrected chi connectivity index (χ0v) is 12.7. The van der Waals surface area contributed by atoms with Crippen molar-refractivity contribution in [3.63, 3.8) is 0 Å². The van der Waals surface area contributed by atoms with Gasteiger partial charge in [-0.3, -0.25) is 4.90 Å². The fourth-order valence-electron chi connectivity index (χ4n) is 3.12. The van der Waals surface area contributed by atoms with Crippen molar-refractivity contribution in [2.24, 2.45) is 5.73 Å². The number of sulfonamides is 1. The quantitative estimate of drug-likeness (QED) is 0.823. The summed E-state index contributed by atoms with van der Waals surface area (Å²) in [5, 5.41) is -0.125. The van der Waals surface area contributed by atoms with Crippen molar-refractivity contribution in [2.45, 2.75) is 50.3 Å². The Hall–Kier alpha value is -0.170. The van der Waals surface area contributed by atoms with Crippen molar-refractivity contribution < 1.29 is 8.42 Å². The van der Waals surface area contributed by atoms with Crippen LogP contribution in [0.15, 0.2) is 0 Å². The molecule has 19 heavy (non-hydrogen) atoms. The molecule has 0 radical (unpaired) electrons. The van der Waals surface area contributed by atoms with Gasteiger partial charge in [-0.15, -0.1) is 0 Å². The molecule has 0 bridgehead atoms. The van der Waals surface area contributed by atoms with Gasteiger partial charge in [-0.05, 0) is 19.8 Å². The molecule has 2 rings (SSSR count). The van der Waals surface area contributed by atoms with Crippen LogP contribution in [0.2, 0.25) is 0 Å². The molecule has 112 valence electrons. The van der Waals surface area contributed by atoms with Crippen molar-refractivity contribution in [1.29, 1.82) is 0 Å². The van der Waals surface area contributed by atoms with E-state index in [0.717, 1.165) is 38.8 Å². The minimum Gasteiger partial charge on any atom is -0.329 e. The van der Waals surface area contributed by atoms with Gasteiger partial charge in [0, 0.05) is 38.8 Å². The van der Waals surface area contributed by atoms with Crippen LogP contribution in [0.4, 0.5) is 0 Å². The van der Waals surface area contributed by atoms with E-state index < -0.39 is 10.0 Å². The van der Waals surface area contributed by atoms with E-state index >= 15 is 0 Å².